The summed E-state index contributed by atoms with van der Waals surface area (Å²) < 4.78 is 0. The van der Waals surface area contributed by atoms with E-state index in [0.717, 1.165) is 23.7 Å². The molecule has 4 unspecified atom stereocenters. The second kappa shape index (κ2) is 6.77. The van der Waals surface area contributed by atoms with Crippen molar-refractivity contribution in [3.8, 4) is 0 Å². The molecule has 0 aromatic heterocycles. The summed E-state index contributed by atoms with van der Waals surface area (Å²) >= 11 is 0. The Labute approximate surface area is 123 Å². The summed E-state index contributed by atoms with van der Waals surface area (Å²) in [4.78, 5) is 0. The maximum atomic E-state index is 9.11. The zero-order valence-corrected chi connectivity index (χ0v) is 12.3. The fraction of sp³-hybridized carbons (Fsp3) is 0.875. The van der Waals surface area contributed by atoms with Crippen LogP contribution in [0.4, 0.5) is 0 Å². The van der Waals surface area contributed by atoms with E-state index >= 15 is 0 Å². The summed E-state index contributed by atoms with van der Waals surface area (Å²) in [5.74, 6) is 4.86. The molecule has 4 saturated carbocycles. The van der Waals surface area contributed by atoms with Crippen LogP contribution in [-0.2, 0) is 17.1 Å². The van der Waals surface area contributed by atoms with Gasteiger partial charge < -0.3 is 5.11 Å². The smallest absolute Gasteiger partial charge is 0.0459 e. The van der Waals surface area contributed by atoms with Crippen molar-refractivity contribution in [1.82, 2.24) is 0 Å². The van der Waals surface area contributed by atoms with Gasteiger partial charge in [-0.05, 0) is 87.4 Å². The van der Waals surface area contributed by atoms with Crippen LogP contribution in [0.15, 0.2) is 0 Å². The number of fused-ring (bicyclic) bond motifs is 5. The van der Waals surface area contributed by atoms with Crippen molar-refractivity contribution < 1.29 is 22.2 Å². The maximum Gasteiger partial charge on any atom is 0.0459 e. The minimum Gasteiger partial charge on any atom is -0.396 e. The van der Waals surface area contributed by atoms with E-state index in [1.807, 2.05) is 0 Å². The molecule has 0 aromatic carbocycles. The third-order valence-electron chi connectivity index (χ3n) is 5.65. The predicted molar refractivity (Wildman–Crippen MR) is 70.1 cm³/mol. The Balaban J connectivity index is 0.000000172. The Morgan fingerprint density at radius 3 is 1.83 bits per heavy atom. The first-order chi connectivity index (χ1) is 8.38. The van der Waals surface area contributed by atoms with E-state index in [1.54, 1.807) is 0 Å². The largest absolute Gasteiger partial charge is 0.396 e. The minimum absolute atomic E-state index is 0. The van der Waals surface area contributed by atoms with Crippen molar-refractivity contribution in [3.05, 3.63) is 12.8 Å². The zero-order chi connectivity index (χ0) is 11.7. The van der Waals surface area contributed by atoms with E-state index in [1.165, 1.54) is 51.4 Å². The van der Waals surface area contributed by atoms with Crippen LogP contribution in [-0.4, -0.2) is 11.7 Å². The Kier molecular flexibility index (Phi) is 5.60. The Hall–Kier alpha value is 0.479. The molecule has 0 saturated heterocycles. The third kappa shape index (κ3) is 2.97. The quantitative estimate of drug-likeness (QED) is 0.731. The Bertz CT molecular complexity index is 226. The van der Waals surface area contributed by atoms with Crippen molar-refractivity contribution in [2.24, 2.45) is 29.6 Å². The normalized spacial score (nSPS) is 44.2. The van der Waals surface area contributed by atoms with Gasteiger partial charge in [-0.3, -0.25) is 0 Å². The van der Waals surface area contributed by atoms with Crippen LogP contribution < -0.4 is 0 Å². The standard InChI is InChI=1S/C11H18O.C5H8.Fe/c12-6-7-3-10-8-1-2-9(5-8)11(10)4-7;1-2-4-5-3-1;/h7-12H,1-6H2;1-2H,3-5H2;. The molecule has 4 atom stereocenters. The number of aliphatic hydroxyl groups is 1. The average molecular weight is 290 g/mol. The molecular formula is C16H26FeO. The SMILES string of the molecule is OCC1CC2C3CCC(C3)C2C1.[CH]1[CH]CCC1.[Fe]. The van der Waals surface area contributed by atoms with Gasteiger partial charge >= 0.3 is 0 Å². The molecule has 4 aliphatic carbocycles. The van der Waals surface area contributed by atoms with Crippen LogP contribution >= 0.6 is 0 Å². The molecule has 2 radical (unpaired) electrons. The van der Waals surface area contributed by atoms with E-state index < -0.39 is 0 Å². The van der Waals surface area contributed by atoms with Gasteiger partial charge in [0.1, 0.15) is 0 Å². The topological polar surface area (TPSA) is 20.2 Å². The van der Waals surface area contributed by atoms with Crippen molar-refractivity contribution >= 4 is 0 Å². The van der Waals surface area contributed by atoms with E-state index in [2.05, 4.69) is 12.8 Å². The van der Waals surface area contributed by atoms with Crippen molar-refractivity contribution in [1.29, 1.82) is 0 Å². The molecule has 4 rings (SSSR count). The molecule has 4 aliphatic rings. The fourth-order valence-electron chi connectivity index (χ4n) is 4.87. The number of rotatable bonds is 1. The van der Waals surface area contributed by atoms with Gasteiger partial charge in [0.25, 0.3) is 0 Å². The third-order valence-corrected chi connectivity index (χ3v) is 5.65. The molecule has 4 fully saturated rings. The van der Waals surface area contributed by atoms with Crippen molar-refractivity contribution in [2.75, 3.05) is 6.61 Å². The number of aliphatic hydroxyl groups excluding tert-OH is 1. The molecule has 1 nitrogen and oxygen atoms in total. The van der Waals surface area contributed by atoms with Crippen LogP contribution in [0.1, 0.15) is 51.4 Å². The van der Waals surface area contributed by atoms with E-state index in [-0.39, 0.29) is 17.1 Å². The average Bonchev–Trinajstić information content (AvgIpc) is 3.12. The molecule has 0 amide bonds. The van der Waals surface area contributed by atoms with Gasteiger partial charge in [0.05, 0.1) is 0 Å². The van der Waals surface area contributed by atoms with Gasteiger partial charge in [0.15, 0.2) is 0 Å². The Morgan fingerprint density at radius 1 is 0.889 bits per heavy atom. The van der Waals surface area contributed by atoms with Crippen LogP contribution in [0, 0.1) is 42.4 Å². The molecule has 2 heteroatoms. The monoisotopic (exact) mass is 290 g/mol. The maximum absolute atomic E-state index is 9.11. The molecule has 1 N–H and O–H groups in total. The van der Waals surface area contributed by atoms with Crippen LogP contribution in [0.2, 0.25) is 0 Å². The molecule has 18 heavy (non-hydrogen) atoms. The van der Waals surface area contributed by atoms with Crippen LogP contribution in [0.3, 0.4) is 0 Å². The number of hydrogen-bond acceptors (Lipinski definition) is 1. The van der Waals surface area contributed by atoms with Gasteiger partial charge in [-0.15, -0.1) is 0 Å². The summed E-state index contributed by atoms with van der Waals surface area (Å²) in [6, 6.07) is 0. The molecular weight excluding hydrogens is 264 g/mol. The molecule has 0 aliphatic heterocycles. The summed E-state index contributed by atoms with van der Waals surface area (Å²) in [5.41, 5.74) is 0. The minimum atomic E-state index is 0. The van der Waals surface area contributed by atoms with E-state index in [4.69, 9.17) is 5.11 Å². The van der Waals surface area contributed by atoms with Gasteiger partial charge in [-0.1, -0.05) is 6.42 Å². The van der Waals surface area contributed by atoms with E-state index in [9.17, 15) is 0 Å². The summed E-state index contributed by atoms with van der Waals surface area (Å²) in [6.45, 7) is 0.451. The molecule has 0 spiro atoms. The first kappa shape index (κ1) is 14.9. The van der Waals surface area contributed by atoms with Gasteiger partial charge in [-0.25, -0.2) is 0 Å². The summed E-state index contributed by atoms with van der Waals surface area (Å²) in [6.07, 6.45) is 15.7. The second-order valence-corrected chi connectivity index (χ2v) is 6.58. The van der Waals surface area contributed by atoms with Gasteiger partial charge in [0, 0.05) is 23.7 Å². The number of hydrogen-bond donors (Lipinski definition) is 1. The fourth-order valence-corrected chi connectivity index (χ4v) is 4.87. The summed E-state index contributed by atoms with van der Waals surface area (Å²) in [7, 11) is 0. The predicted octanol–water partition coefficient (Wildman–Crippen LogP) is 3.63. The van der Waals surface area contributed by atoms with Crippen molar-refractivity contribution in [3.63, 3.8) is 0 Å². The first-order valence-electron chi connectivity index (χ1n) is 7.64. The first-order valence-corrected chi connectivity index (χ1v) is 7.64. The molecule has 0 heterocycles. The zero-order valence-electron chi connectivity index (χ0n) is 11.2. The molecule has 2 bridgehead atoms. The van der Waals surface area contributed by atoms with E-state index in [0.29, 0.717) is 12.5 Å². The van der Waals surface area contributed by atoms with Crippen LogP contribution in [0.25, 0.3) is 0 Å². The van der Waals surface area contributed by atoms with Crippen LogP contribution in [0.5, 0.6) is 0 Å². The Morgan fingerprint density at radius 2 is 1.44 bits per heavy atom. The van der Waals surface area contributed by atoms with Gasteiger partial charge in [-0.2, -0.15) is 0 Å². The second-order valence-electron chi connectivity index (χ2n) is 6.58. The van der Waals surface area contributed by atoms with Crippen molar-refractivity contribution in [2.45, 2.75) is 51.4 Å². The summed E-state index contributed by atoms with van der Waals surface area (Å²) in [5, 5.41) is 9.11. The molecule has 104 valence electrons. The van der Waals surface area contributed by atoms with Gasteiger partial charge in [0.2, 0.25) is 0 Å². The molecule has 0 aromatic rings.